The molecule has 11 aromatic rings. The smallest absolute Gasteiger partial charge is 0.164 e. The van der Waals surface area contributed by atoms with Gasteiger partial charge in [0.25, 0.3) is 0 Å². The summed E-state index contributed by atoms with van der Waals surface area (Å²) in [6.45, 7) is 0. The Morgan fingerprint density at radius 2 is 0.839 bits per heavy atom. The summed E-state index contributed by atoms with van der Waals surface area (Å²) in [6.07, 6.45) is 0. The molecule has 0 atom stereocenters. The lowest BCUT2D eigenvalue weighted by Crippen LogP contribution is -2.00. The Balaban J connectivity index is 1.01. The van der Waals surface area contributed by atoms with Crippen molar-refractivity contribution in [3.63, 3.8) is 0 Å². The fourth-order valence-electron chi connectivity index (χ4n) is 7.83. The van der Waals surface area contributed by atoms with Gasteiger partial charge in [-0.2, -0.15) is 0 Å². The lowest BCUT2D eigenvalue weighted by molar-refractivity contribution is 0.670. The van der Waals surface area contributed by atoms with Gasteiger partial charge >= 0.3 is 0 Å². The fourth-order valence-corrected chi connectivity index (χ4v) is 9.02. The van der Waals surface area contributed by atoms with Gasteiger partial charge in [0.1, 0.15) is 11.2 Å². The van der Waals surface area contributed by atoms with Crippen molar-refractivity contribution in [2.24, 2.45) is 0 Å². The van der Waals surface area contributed by atoms with Crippen LogP contribution < -0.4 is 0 Å². The minimum Gasteiger partial charge on any atom is -0.455 e. The number of para-hydroxylation sites is 2. The van der Waals surface area contributed by atoms with Crippen LogP contribution in [0.4, 0.5) is 0 Å². The number of nitrogens with zero attached hydrogens (tertiary/aromatic N) is 3. The molecule has 0 amide bonds. The fraction of sp³-hybridized carbons (Fsp3) is 0. The number of hydrogen-bond donors (Lipinski definition) is 0. The van der Waals surface area contributed by atoms with Gasteiger partial charge in [-0.25, -0.2) is 15.0 Å². The Hall–Kier alpha value is -7.21. The maximum absolute atomic E-state index is 6.46. The van der Waals surface area contributed by atoms with E-state index in [0.29, 0.717) is 17.5 Å². The van der Waals surface area contributed by atoms with Gasteiger partial charge in [-0.3, -0.25) is 0 Å². The topological polar surface area (TPSA) is 51.8 Å². The highest BCUT2D eigenvalue weighted by Crippen LogP contribution is 2.43. The summed E-state index contributed by atoms with van der Waals surface area (Å²) in [6, 6.07) is 65.7. The SMILES string of the molecule is c1ccc(-c2cccc(-c3nc(-c4ccccc4)nc(-c4ccc5c(c4)sc4cc(-c6ccccc6-c6cccc7c6oc6ccccc67)ccc45)n3)c2)cc1. The van der Waals surface area contributed by atoms with Gasteiger partial charge in [0.15, 0.2) is 17.5 Å². The Morgan fingerprint density at radius 3 is 1.61 bits per heavy atom. The van der Waals surface area contributed by atoms with Crippen molar-refractivity contribution >= 4 is 53.4 Å². The van der Waals surface area contributed by atoms with E-state index in [1.54, 1.807) is 11.3 Å². The summed E-state index contributed by atoms with van der Waals surface area (Å²) in [5, 5.41) is 4.71. The molecule has 3 heterocycles. The lowest BCUT2D eigenvalue weighted by atomic mass is 9.93. The average molecular weight is 734 g/mol. The van der Waals surface area contributed by atoms with Crippen LogP contribution in [0.25, 0.3) is 110 Å². The molecule has 262 valence electrons. The zero-order chi connectivity index (χ0) is 37.0. The second-order valence-corrected chi connectivity index (χ2v) is 15.1. The third-order valence-electron chi connectivity index (χ3n) is 10.6. The van der Waals surface area contributed by atoms with E-state index in [0.717, 1.165) is 60.9 Å². The summed E-state index contributed by atoms with van der Waals surface area (Å²) < 4.78 is 8.87. The highest BCUT2D eigenvalue weighted by Gasteiger charge is 2.18. The van der Waals surface area contributed by atoms with E-state index in [4.69, 9.17) is 19.4 Å². The van der Waals surface area contributed by atoms with Crippen molar-refractivity contribution in [3.05, 3.63) is 188 Å². The molecule has 0 unspecified atom stereocenters. The molecule has 0 saturated heterocycles. The van der Waals surface area contributed by atoms with Crippen molar-refractivity contribution in [3.8, 4) is 67.5 Å². The monoisotopic (exact) mass is 733 g/mol. The first-order chi connectivity index (χ1) is 27.7. The summed E-state index contributed by atoms with van der Waals surface area (Å²) in [5.74, 6) is 1.94. The highest BCUT2D eigenvalue weighted by atomic mass is 32.1. The van der Waals surface area contributed by atoms with E-state index in [-0.39, 0.29) is 0 Å². The van der Waals surface area contributed by atoms with Crippen molar-refractivity contribution in [1.29, 1.82) is 0 Å². The molecule has 56 heavy (non-hydrogen) atoms. The molecule has 0 N–H and O–H groups in total. The number of thiophene rings is 1. The average Bonchev–Trinajstić information content (AvgIpc) is 3.85. The minimum absolute atomic E-state index is 0.643. The van der Waals surface area contributed by atoms with E-state index in [1.165, 1.54) is 31.3 Å². The molecule has 0 saturated carbocycles. The second-order valence-electron chi connectivity index (χ2n) is 14.0. The summed E-state index contributed by atoms with van der Waals surface area (Å²) >= 11 is 1.80. The van der Waals surface area contributed by atoms with Crippen LogP contribution in [0.15, 0.2) is 192 Å². The molecule has 5 heteroatoms. The first-order valence-electron chi connectivity index (χ1n) is 18.7. The van der Waals surface area contributed by atoms with Crippen molar-refractivity contribution in [2.75, 3.05) is 0 Å². The van der Waals surface area contributed by atoms with Gasteiger partial charge in [0.05, 0.1) is 0 Å². The Morgan fingerprint density at radius 1 is 0.321 bits per heavy atom. The lowest BCUT2D eigenvalue weighted by Gasteiger charge is -2.11. The van der Waals surface area contributed by atoms with Gasteiger partial charge in [-0.05, 0) is 52.1 Å². The molecule has 0 aliphatic rings. The third-order valence-corrected chi connectivity index (χ3v) is 11.7. The highest BCUT2D eigenvalue weighted by molar-refractivity contribution is 7.25. The van der Waals surface area contributed by atoms with Gasteiger partial charge < -0.3 is 4.42 Å². The van der Waals surface area contributed by atoms with Crippen LogP contribution in [0.3, 0.4) is 0 Å². The van der Waals surface area contributed by atoms with Gasteiger partial charge in [-0.15, -0.1) is 11.3 Å². The minimum atomic E-state index is 0.643. The van der Waals surface area contributed by atoms with Crippen LogP contribution in [-0.2, 0) is 0 Å². The molecule has 0 spiro atoms. The molecule has 0 bridgehead atoms. The van der Waals surface area contributed by atoms with E-state index in [1.807, 2.05) is 48.5 Å². The number of benzene rings is 8. The molecule has 8 aromatic carbocycles. The molecule has 4 nitrogen and oxygen atoms in total. The zero-order valence-electron chi connectivity index (χ0n) is 30.1. The largest absolute Gasteiger partial charge is 0.455 e. The van der Waals surface area contributed by atoms with Crippen LogP contribution in [-0.4, -0.2) is 15.0 Å². The maximum atomic E-state index is 6.46. The van der Waals surface area contributed by atoms with E-state index in [2.05, 4.69) is 140 Å². The maximum Gasteiger partial charge on any atom is 0.164 e. The quantitative estimate of drug-likeness (QED) is 0.171. The Labute approximate surface area is 327 Å². The first kappa shape index (κ1) is 32.2. The summed E-state index contributed by atoms with van der Waals surface area (Å²) in [7, 11) is 0. The molecule has 0 radical (unpaired) electrons. The number of aromatic nitrogens is 3. The van der Waals surface area contributed by atoms with Crippen molar-refractivity contribution < 1.29 is 4.42 Å². The molecular weight excluding hydrogens is 703 g/mol. The molecule has 0 fully saturated rings. The summed E-state index contributed by atoms with van der Waals surface area (Å²) in [4.78, 5) is 15.1. The summed E-state index contributed by atoms with van der Waals surface area (Å²) in [5.41, 5.74) is 11.5. The molecule has 0 aliphatic heterocycles. The number of rotatable bonds is 6. The van der Waals surface area contributed by atoms with E-state index < -0.39 is 0 Å². The standard InChI is InChI=1S/C51H31N3OS/c1-3-13-32(14-4-1)34-17-11-18-36(29-34)50-52-49(33-15-5-2-6-16-33)53-51(54-50)37-26-28-42-41-27-25-35(30-46(41)56-47(42)31-37)38-19-7-8-20-39(38)43-22-12-23-44-40-21-9-10-24-45(40)55-48(43)44/h1-31H. The van der Waals surface area contributed by atoms with Crippen molar-refractivity contribution in [1.82, 2.24) is 15.0 Å². The Bertz CT molecular complexity index is 3260. The first-order valence-corrected chi connectivity index (χ1v) is 19.5. The van der Waals surface area contributed by atoms with Gasteiger partial charge in [0.2, 0.25) is 0 Å². The van der Waals surface area contributed by atoms with Crippen LogP contribution in [0.5, 0.6) is 0 Å². The number of furan rings is 1. The predicted octanol–water partition coefficient (Wildman–Crippen LogP) is 14.1. The zero-order valence-corrected chi connectivity index (χ0v) is 30.9. The van der Waals surface area contributed by atoms with Crippen molar-refractivity contribution in [2.45, 2.75) is 0 Å². The number of hydrogen-bond acceptors (Lipinski definition) is 5. The van der Waals surface area contributed by atoms with E-state index in [9.17, 15) is 0 Å². The normalized spacial score (nSPS) is 11.6. The third kappa shape index (κ3) is 5.56. The van der Waals surface area contributed by atoms with Crippen LogP contribution in [0.1, 0.15) is 0 Å². The molecular formula is C51H31N3OS. The molecule has 11 rings (SSSR count). The second kappa shape index (κ2) is 13.3. The number of fused-ring (bicyclic) bond motifs is 6. The predicted molar refractivity (Wildman–Crippen MR) is 233 cm³/mol. The van der Waals surface area contributed by atoms with Gasteiger partial charge in [-0.1, -0.05) is 164 Å². The molecule has 3 aromatic heterocycles. The van der Waals surface area contributed by atoms with Crippen LogP contribution in [0, 0.1) is 0 Å². The Kier molecular flexibility index (Phi) is 7.64. The molecule has 0 aliphatic carbocycles. The van der Waals surface area contributed by atoms with E-state index >= 15 is 0 Å². The van der Waals surface area contributed by atoms with Crippen LogP contribution in [0.2, 0.25) is 0 Å². The van der Waals surface area contributed by atoms with Gasteiger partial charge in [0, 0.05) is 53.2 Å². The van der Waals surface area contributed by atoms with Crippen LogP contribution >= 0.6 is 11.3 Å².